The van der Waals surface area contributed by atoms with E-state index in [9.17, 15) is 9.59 Å². The van der Waals surface area contributed by atoms with Crippen LogP contribution in [0.25, 0.3) is 0 Å². The lowest BCUT2D eigenvalue weighted by Gasteiger charge is -2.17. The zero-order valence-electron chi connectivity index (χ0n) is 16.7. The van der Waals surface area contributed by atoms with Gasteiger partial charge in [0.15, 0.2) is 0 Å². The van der Waals surface area contributed by atoms with Crippen molar-refractivity contribution in [3.05, 3.63) is 70.8 Å². The molecule has 2 amide bonds. The molecule has 2 aromatic carbocycles. The molecule has 1 aliphatic heterocycles. The Balaban J connectivity index is 1.27. The molecule has 1 saturated carbocycles. The zero-order valence-corrected chi connectivity index (χ0v) is 16.7. The van der Waals surface area contributed by atoms with E-state index in [0.29, 0.717) is 31.3 Å². The van der Waals surface area contributed by atoms with E-state index in [2.05, 4.69) is 61.6 Å². The van der Waals surface area contributed by atoms with Crippen LogP contribution in [0.5, 0.6) is 0 Å². The van der Waals surface area contributed by atoms with Crippen LogP contribution in [0.15, 0.2) is 48.5 Å². The Labute approximate surface area is 166 Å². The lowest BCUT2D eigenvalue weighted by atomic mass is 10.0. The molecule has 28 heavy (non-hydrogen) atoms. The van der Waals surface area contributed by atoms with Crippen molar-refractivity contribution in [3.8, 4) is 0 Å². The lowest BCUT2D eigenvalue weighted by Crippen LogP contribution is -2.38. The normalized spacial score (nSPS) is 23.7. The number of aryl methyl sites for hydroxylation is 3. The highest BCUT2D eigenvalue weighted by atomic mass is 16.2. The average molecular weight is 377 g/mol. The lowest BCUT2D eigenvalue weighted by molar-refractivity contribution is -0.128. The molecular formula is C24H28N2O2. The molecule has 3 atom stereocenters. The van der Waals surface area contributed by atoms with Gasteiger partial charge in [-0.1, -0.05) is 54.1 Å². The molecule has 4 heteroatoms. The van der Waals surface area contributed by atoms with Crippen molar-refractivity contribution in [3.63, 3.8) is 0 Å². The van der Waals surface area contributed by atoms with Gasteiger partial charge < -0.3 is 10.2 Å². The maximum absolute atomic E-state index is 12.5. The SMILES string of the molecule is Cc1ccc(CCC(=O)N[C@@H]2CC(=O)N([C@H]3C[C@H]3c3ccccc3)C2)c(C)c1. The molecule has 0 aromatic heterocycles. The van der Waals surface area contributed by atoms with Gasteiger partial charge in [0.25, 0.3) is 0 Å². The van der Waals surface area contributed by atoms with Crippen LogP contribution in [0.3, 0.4) is 0 Å². The van der Waals surface area contributed by atoms with E-state index in [1.807, 2.05) is 11.0 Å². The number of nitrogens with zero attached hydrogens (tertiary/aromatic N) is 1. The van der Waals surface area contributed by atoms with Crippen LogP contribution in [0, 0.1) is 13.8 Å². The van der Waals surface area contributed by atoms with Crippen molar-refractivity contribution >= 4 is 11.8 Å². The van der Waals surface area contributed by atoms with Crippen LogP contribution < -0.4 is 5.32 Å². The maximum atomic E-state index is 12.5. The summed E-state index contributed by atoms with van der Waals surface area (Å²) in [4.78, 5) is 26.8. The number of hydrogen-bond donors (Lipinski definition) is 1. The summed E-state index contributed by atoms with van der Waals surface area (Å²) >= 11 is 0. The zero-order chi connectivity index (χ0) is 19.7. The number of rotatable bonds is 6. The van der Waals surface area contributed by atoms with Crippen LogP contribution in [0.2, 0.25) is 0 Å². The van der Waals surface area contributed by atoms with Crippen molar-refractivity contribution in [2.24, 2.45) is 0 Å². The first-order valence-corrected chi connectivity index (χ1v) is 10.2. The number of amides is 2. The van der Waals surface area contributed by atoms with Gasteiger partial charge in [-0.25, -0.2) is 0 Å². The molecule has 0 bridgehead atoms. The van der Waals surface area contributed by atoms with Gasteiger partial charge in [-0.05, 0) is 43.4 Å². The minimum absolute atomic E-state index is 0.0371. The first-order valence-electron chi connectivity index (χ1n) is 10.2. The number of benzene rings is 2. The summed E-state index contributed by atoms with van der Waals surface area (Å²) in [5.74, 6) is 0.655. The molecule has 0 unspecified atom stereocenters. The van der Waals surface area contributed by atoms with E-state index >= 15 is 0 Å². The fraction of sp³-hybridized carbons (Fsp3) is 0.417. The third-order valence-electron chi connectivity index (χ3n) is 6.03. The first-order chi connectivity index (χ1) is 13.5. The highest BCUT2D eigenvalue weighted by molar-refractivity contribution is 5.83. The third kappa shape index (κ3) is 4.11. The monoisotopic (exact) mass is 376 g/mol. The van der Waals surface area contributed by atoms with Crippen LogP contribution in [-0.4, -0.2) is 35.3 Å². The fourth-order valence-corrected chi connectivity index (χ4v) is 4.41. The van der Waals surface area contributed by atoms with E-state index in [-0.39, 0.29) is 17.9 Å². The van der Waals surface area contributed by atoms with Gasteiger partial charge in [0, 0.05) is 31.3 Å². The van der Waals surface area contributed by atoms with Crippen LogP contribution in [0.1, 0.15) is 47.4 Å². The number of carbonyl (C=O) groups is 2. The second-order valence-electron chi connectivity index (χ2n) is 8.26. The predicted molar refractivity (Wildman–Crippen MR) is 110 cm³/mol. The molecular weight excluding hydrogens is 348 g/mol. The highest BCUT2D eigenvalue weighted by Gasteiger charge is 2.47. The molecule has 1 aliphatic carbocycles. The summed E-state index contributed by atoms with van der Waals surface area (Å²) in [6.07, 6.45) is 2.65. The Bertz CT molecular complexity index is 877. The van der Waals surface area contributed by atoms with Gasteiger partial charge in [0.05, 0.1) is 6.04 Å². The van der Waals surface area contributed by atoms with Crippen molar-refractivity contribution in [2.45, 2.75) is 57.5 Å². The maximum Gasteiger partial charge on any atom is 0.225 e. The van der Waals surface area contributed by atoms with Gasteiger partial charge in [-0.3, -0.25) is 9.59 Å². The minimum atomic E-state index is -0.0591. The van der Waals surface area contributed by atoms with Gasteiger partial charge in [0.1, 0.15) is 0 Å². The van der Waals surface area contributed by atoms with Crippen molar-refractivity contribution in [1.82, 2.24) is 10.2 Å². The number of likely N-dealkylation sites (tertiary alicyclic amines) is 1. The molecule has 1 saturated heterocycles. The molecule has 1 N–H and O–H groups in total. The predicted octanol–water partition coefficient (Wildman–Crippen LogP) is 3.51. The Kier molecular flexibility index (Phi) is 5.21. The summed E-state index contributed by atoms with van der Waals surface area (Å²) in [5.41, 5.74) is 5.00. The summed E-state index contributed by atoms with van der Waals surface area (Å²) in [6, 6.07) is 17.0. The second-order valence-corrected chi connectivity index (χ2v) is 8.26. The van der Waals surface area contributed by atoms with Crippen molar-refractivity contribution < 1.29 is 9.59 Å². The fourth-order valence-electron chi connectivity index (χ4n) is 4.41. The van der Waals surface area contributed by atoms with E-state index in [1.54, 1.807) is 0 Å². The third-order valence-corrected chi connectivity index (χ3v) is 6.03. The molecule has 2 aliphatic rings. The summed E-state index contributed by atoms with van der Waals surface area (Å²) in [7, 11) is 0. The molecule has 0 spiro atoms. The van der Waals surface area contributed by atoms with Crippen molar-refractivity contribution in [1.29, 1.82) is 0 Å². The van der Waals surface area contributed by atoms with Gasteiger partial charge in [-0.15, -0.1) is 0 Å². The molecule has 4 rings (SSSR count). The summed E-state index contributed by atoms with van der Waals surface area (Å²) < 4.78 is 0. The Hall–Kier alpha value is -2.62. The van der Waals surface area contributed by atoms with Crippen molar-refractivity contribution in [2.75, 3.05) is 6.54 Å². The molecule has 2 aromatic rings. The molecule has 146 valence electrons. The first kappa shape index (κ1) is 18.7. The number of nitrogens with one attached hydrogen (secondary N) is 1. The van der Waals surface area contributed by atoms with Crippen LogP contribution >= 0.6 is 0 Å². The largest absolute Gasteiger partial charge is 0.351 e. The topological polar surface area (TPSA) is 49.4 Å². The van der Waals surface area contributed by atoms with E-state index < -0.39 is 0 Å². The smallest absolute Gasteiger partial charge is 0.225 e. The van der Waals surface area contributed by atoms with Crippen LogP contribution in [0.4, 0.5) is 0 Å². The van der Waals surface area contributed by atoms with E-state index in [4.69, 9.17) is 0 Å². The van der Waals surface area contributed by atoms with Gasteiger partial charge in [0.2, 0.25) is 11.8 Å². The Morgan fingerprint density at radius 2 is 1.93 bits per heavy atom. The van der Waals surface area contributed by atoms with Gasteiger partial charge >= 0.3 is 0 Å². The number of carbonyl (C=O) groups excluding carboxylic acids is 2. The van der Waals surface area contributed by atoms with E-state index in [0.717, 1.165) is 12.8 Å². The van der Waals surface area contributed by atoms with Crippen LogP contribution in [-0.2, 0) is 16.0 Å². The Morgan fingerprint density at radius 3 is 2.68 bits per heavy atom. The number of hydrogen-bond acceptors (Lipinski definition) is 2. The quantitative estimate of drug-likeness (QED) is 0.839. The summed E-state index contributed by atoms with van der Waals surface area (Å²) in [6.45, 7) is 4.81. The second kappa shape index (κ2) is 7.78. The van der Waals surface area contributed by atoms with E-state index in [1.165, 1.54) is 22.3 Å². The summed E-state index contributed by atoms with van der Waals surface area (Å²) in [5, 5.41) is 3.08. The van der Waals surface area contributed by atoms with Gasteiger partial charge in [-0.2, -0.15) is 0 Å². The minimum Gasteiger partial charge on any atom is -0.351 e. The Morgan fingerprint density at radius 1 is 1.14 bits per heavy atom. The molecule has 4 nitrogen and oxygen atoms in total. The molecule has 1 heterocycles. The average Bonchev–Trinajstić information content (AvgIpc) is 3.38. The molecule has 0 radical (unpaired) electrons. The molecule has 2 fully saturated rings. The highest BCUT2D eigenvalue weighted by Crippen LogP contribution is 2.45. The standard InChI is InChI=1S/C24H28N2O2/c1-16-8-9-18(17(2)12-16)10-11-23(27)25-20-13-24(28)26(15-20)22-14-21(22)19-6-4-3-5-7-19/h3-9,12,20-22H,10-11,13-15H2,1-2H3,(H,25,27)/t20-,21+,22+/m1/s1.